The fourth-order valence-electron chi connectivity index (χ4n) is 2.56. The molecule has 0 spiro atoms. The highest BCUT2D eigenvalue weighted by atomic mass is 16.6. The first-order valence-electron chi connectivity index (χ1n) is 7.84. The highest BCUT2D eigenvalue weighted by Crippen LogP contribution is 2.31. The van der Waals surface area contributed by atoms with Gasteiger partial charge in [-0.1, -0.05) is 17.7 Å². The summed E-state index contributed by atoms with van der Waals surface area (Å²) in [5.41, 5.74) is 3.75. The van der Waals surface area contributed by atoms with Crippen LogP contribution in [0, 0.1) is 13.8 Å². The minimum absolute atomic E-state index is 0.222. The van der Waals surface area contributed by atoms with Crippen molar-refractivity contribution in [1.29, 1.82) is 0 Å². The Kier molecular flexibility index (Phi) is 4.57. The van der Waals surface area contributed by atoms with Gasteiger partial charge in [0.15, 0.2) is 5.70 Å². The molecule has 0 unspecified atom stereocenters. The third kappa shape index (κ3) is 3.40. The summed E-state index contributed by atoms with van der Waals surface area (Å²) in [5.74, 6) is 1.16. The maximum Gasteiger partial charge on any atom is 0.363 e. The number of methoxy groups -OCH3 is 2. The van der Waals surface area contributed by atoms with Crippen LogP contribution in [-0.4, -0.2) is 26.1 Å². The SMILES string of the molecule is COc1cc(/C=C2/N=C(c3ccc(C)cc3)OC2=O)c(OC)cc1C. The summed E-state index contributed by atoms with van der Waals surface area (Å²) >= 11 is 0. The fourth-order valence-corrected chi connectivity index (χ4v) is 2.56. The molecule has 5 nitrogen and oxygen atoms in total. The smallest absolute Gasteiger partial charge is 0.363 e. The Morgan fingerprint density at radius 2 is 1.68 bits per heavy atom. The molecule has 1 aliphatic rings. The first kappa shape index (κ1) is 16.8. The predicted octanol–water partition coefficient (Wildman–Crippen LogP) is 3.67. The standard InChI is InChI=1S/C20H19NO4/c1-12-5-7-14(8-6-12)19-21-16(20(22)25-19)10-15-11-17(23-3)13(2)9-18(15)24-4/h5-11H,1-4H3/b16-10+. The lowest BCUT2D eigenvalue weighted by atomic mass is 10.1. The number of ether oxygens (including phenoxy) is 3. The third-order valence-electron chi connectivity index (χ3n) is 3.96. The molecule has 1 heterocycles. The Hall–Kier alpha value is -3.08. The summed E-state index contributed by atoms with van der Waals surface area (Å²) < 4.78 is 16.0. The van der Waals surface area contributed by atoms with Gasteiger partial charge in [0.25, 0.3) is 0 Å². The third-order valence-corrected chi connectivity index (χ3v) is 3.96. The van der Waals surface area contributed by atoms with E-state index in [0.717, 1.165) is 16.7 Å². The molecule has 0 N–H and O–H groups in total. The molecule has 0 saturated heterocycles. The molecule has 0 radical (unpaired) electrons. The average molecular weight is 337 g/mol. The van der Waals surface area contributed by atoms with Crippen molar-refractivity contribution >= 4 is 17.9 Å². The van der Waals surface area contributed by atoms with Crippen molar-refractivity contribution in [2.24, 2.45) is 4.99 Å². The summed E-state index contributed by atoms with van der Waals surface area (Å²) in [5, 5.41) is 0. The zero-order valence-electron chi connectivity index (χ0n) is 14.6. The minimum atomic E-state index is -0.489. The van der Waals surface area contributed by atoms with E-state index < -0.39 is 5.97 Å². The van der Waals surface area contributed by atoms with Crippen molar-refractivity contribution in [2.75, 3.05) is 14.2 Å². The Labute approximate surface area is 146 Å². The van der Waals surface area contributed by atoms with E-state index in [1.807, 2.05) is 50.2 Å². The molecule has 128 valence electrons. The second-order valence-corrected chi connectivity index (χ2v) is 5.77. The van der Waals surface area contributed by atoms with Gasteiger partial charge in [-0.15, -0.1) is 0 Å². The van der Waals surface area contributed by atoms with Crippen molar-refractivity contribution in [1.82, 2.24) is 0 Å². The zero-order valence-corrected chi connectivity index (χ0v) is 14.6. The number of nitrogens with zero attached hydrogens (tertiary/aromatic N) is 1. The van der Waals surface area contributed by atoms with E-state index in [1.54, 1.807) is 20.3 Å². The van der Waals surface area contributed by atoms with Crippen LogP contribution in [0.5, 0.6) is 11.5 Å². The molecule has 3 rings (SSSR count). The molecule has 0 atom stereocenters. The molecule has 0 aliphatic carbocycles. The van der Waals surface area contributed by atoms with Crippen LogP contribution in [0.2, 0.25) is 0 Å². The molecule has 0 saturated carbocycles. The summed E-state index contributed by atoms with van der Waals surface area (Å²) in [6.45, 7) is 3.92. The zero-order chi connectivity index (χ0) is 18.0. The quantitative estimate of drug-likeness (QED) is 0.631. The number of cyclic esters (lactones) is 1. The van der Waals surface area contributed by atoms with E-state index in [4.69, 9.17) is 14.2 Å². The van der Waals surface area contributed by atoms with Crippen molar-refractivity contribution in [3.63, 3.8) is 0 Å². The van der Waals surface area contributed by atoms with Crippen molar-refractivity contribution in [3.8, 4) is 11.5 Å². The van der Waals surface area contributed by atoms with Crippen LogP contribution in [0.4, 0.5) is 0 Å². The molecule has 0 fully saturated rings. The molecule has 1 aliphatic heterocycles. The van der Waals surface area contributed by atoms with Gasteiger partial charge in [-0.05, 0) is 49.8 Å². The first-order chi connectivity index (χ1) is 12.0. The number of aliphatic imine (C=N–C) groups is 1. The van der Waals surface area contributed by atoms with Gasteiger partial charge in [-0.2, -0.15) is 0 Å². The van der Waals surface area contributed by atoms with Crippen LogP contribution in [0.1, 0.15) is 22.3 Å². The lowest BCUT2D eigenvalue weighted by Gasteiger charge is -2.10. The predicted molar refractivity (Wildman–Crippen MR) is 96.1 cm³/mol. The number of rotatable bonds is 4. The van der Waals surface area contributed by atoms with E-state index in [2.05, 4.69) is 4.99 Å². The van der Waals surface area contributed by atoms with Crippen LogP contribution in [-0.2, 0) is 9.53 Å². The molecule has 2 aromatic carbocycles. The maximum atomic E-state index is 12.2. The second kappa shape index (κ2) is 6.81. The van der Waals surface area contributed by atoms with E-state index in [9.17, 15) is 4.79 Å². The monoisotopic (exact) mass is 337 g/mol. The molecule has 0 aromatic heterocycles. The number of carbonyl (C=O) groups is 1. The number of esters is 1. The van der Waals surface area contributed by atoms with E-state index in [1.165, 1.54) is 0 Å². The van der Waals surface area contributed by atoms with Gasteiger partial charge in [0, 0.05) is 11.1 Å². The number of benzene rings is 2. The largest absolute Gasteiger partial charge is 0.496 e. The summed E-state index contributed by atoms with van der Waals surface area (Å²) in [7, 11) is 3.18. The highest BCUT2D eigenvalue weighted by Gasteiger charge is 2.24. The van der Waals surface area contributed by atoms with Gasteiger partial charge < -0.3 is 14.2 Å². The van der Waals surface area contributed by atoms with Gasteiger partial charge in [-0.25, -0.2) is 9.79 Å². The molecule has 0 amide bonds. The van der Waals surface area contributed by atoms with Gasteiger partial charge in [0.05, 0.1) is 14.2 Å². The van der Waals surface area contributed by atoms with Crippen LogP contribution in [0.15, 0.2) is 47.1 Å². The Balaban J connectivity index is 2.01. The second-order valence-electron chi connectivity index (χ2n) is 5.77. The lowest BCUT2D eigenvalue weighted by Crippen LogP contribution is -2.05. The molecule has 2 aromatic rings. The van der Waals surface area contributed by atoms with Gasteiger partial charge >= 0.3 is 5.97 Å². The lowest BCUT2D eigenvalue weighted by molar-refractivity contribution is -0.129. The number of carbonyl (C=O) groups excluding carboxylic acids is 1. The van der Waals surface area contributed by atoms with Crippen LogP contribution < -0.4 is 9.47 Å². The Bertz CT molecular complexity index is 879. The maximum absolute atomic E-state index is 12.2. The van der Waals surface area contributed by atoms with Crippen molar-refractivity contribution in [3.05, 3.63) is 64.3 Å². The normalized spacial score (nSPS) is 15.1. The number of hydrogen-bond acceptors (Lipinski definition) is 5. The summed E-state index contributed by atoms with van der Waals surface area (Å²) in [6.07, 6.45) is 1.64. The van der Waals surface area contributed by atoms with Crippen LogP contribution in [0.25, 0.3) is 6.08 Å². The Morgan fingerprint density at radius 1 is 1.00 bits per heavy atom. The van der Waals surface area contributed by atoms with Gasteiger partial charge in [-0.3, -0.25) is 0 Å². The first-order valence-corrected chi connectivity index (χ1v) is 7.84. The van der Waals surface area contributed by atoms with E-state index in [0.29, 0.717) is 23.0 Å². The molecular formula is C20H19NO4. The van der Waals surface area contributed by atoms with Gasteiger partial charge in [0.2, 0.25) is 5.90 Å². The van der Waals surface area contributed by atoms with Crippen molar-refractivity contribution in [2.45, 2.75) is 13.8 Å². The summed E-state index contributed by atoms with van der Waals surface area (Å²) in [4.78, 5) is 16.5. The highest BCUT2D eigenvalue weighted by molar-refractivity contribution is 6.13. The van der Waals surface area contributed by atoms with Gasteiger partial charge in [0.1, 0.15) is 11.5 Å². The molecule has 25 heavy (non-hydrogen) atoms. The Morgan fingerprint density at radius 3 is 2.32 bits per heavy atom. The van der Waals surface area contributed by atoms with Crippen LogP contribution >= 0.6 is 0 Å². The van der Waals surface area contributed by atoms with E-state index in [-0.39, 0.29) is 5.70 Å². The molecule has 5 heteroatoms. The number of hydrogen-bond donors (Lipinski definition) is 0. The average Bonchev–Trinajstić information content (AvgIpc) is 2.97. The molecule has 0 bridgehead atoms. The van der Waals surface area contributed by atoms with E-state index >= 15 is 0 Å². The fraction of sp³-hybridized carbons (Fsp3) is 0.200. The number of aryl methyl sites for hydroxylation is 2. The minimum Gasteiger partial charge on any atom is -0.496 e. The van der Waals surface area contributed by atoms with Crippen LogP contribution in [0.3, 0.4) is 0 Å². The summed E-state index contributed by atoms with van der Waals surface area (Å²) in [6, 6.07) is 11.3. The van der Waals surface area contributed by atoms with Crippen molar-refractivity contribution < 1.29 is 19.0 Å². The topological polar surface area (TPSA) is 57.1 Å². The molecular weight excluding hydrogens is 318 g/mol.